The third-order valence-corrected chi connectivity index (χ3v) is 4.05. The van der Waals surface area contributed by atoms with Gasteiger partial charge < -0.3 is 10.1 Å². The van der Waals surface area contributed by atoms with Crippen LogP contribution in [-0.2, 0) is 12.8 Å². The van der Waals surface area contributed by atoms with Crippen molar-refractivity contribution in [1.29, 1.82) is 0 Å². The van der Waals surface area contributed by atoms with E-state index in [4.69, 9.17) is 16.3 Å². The standard InChI is InChI=1S/C14H17ClFNO/c15-12-7-10-1-6-18-13(10)11(8-12)9-14(16)2-4-17-5-3-14/h7-8,17H,1-6,9H2. The largest absolute Gasteiger partial charge is 0.493 e. The van der Waals surface area contributed by atoms with Gasteiger partial charge in [0.15, 0.2) is 0 Å². The van der Waals surface area contributed by atoms with Crippen LogP contribution in [0.3, 0.4) is 0 Å². The molecule has 3 rings (SSSR count). The highest BCUT2D eigenvalue weighted by Crippen LogP contribution is 2.37. The number of nitrogens with one attached hydrogen (secondary N) is 1. The molecule has 0 radical (unpaired) electrons. The van der Waals surface area contributed by atoms with Gasteiger partial charge in [0.1, 0.15) is 11.4 Å². The van der Waals surface area contributed by atoms with Gasteiger partial charge in [0.2, 0.25) is 0 Å². The summed E-state index contributed by atoms with van der Waals surface area (Å²) in [5, 5.41) is 3.88. The van der Waals surface area contributed by atoms with Crippen molar-refractivity contribution in [2.45, 2.75) is 31.4 Å². The van der Waals surface area contributed by atoms with Gasteiger partial charge in [-0.3, -0.25) is 0 Å². The van der Waals surface area contributed by atoms with Gasteiger partial charge >= 0.3 is 0 Å². The fourth-order valence-electron chi connectivity index (χ4n) is 2.87. The van der Waals surface area contributed by atoms with Gasteiger partial charge in [-0.2, -0.15) is 0 Å². The number of hydrogen-bond acceptors (Lipinski definition) is 2. The SMILES string of the molecule is FC1(Cc2cc(Cl)cc3c2OCC3)CCNCC1. The normalized spacial score (nSPS) is 21.4. The van der Waals surface area contributed by atoms with Crippen molar-refractivity contribution in [1.82, 2.24) is 5.32 Å². The van der Waals surface area contributed by atoms with Gasteiger partial charge in [-0.15, -0.1) is 0 Å². The lowest BCUT2D eigenvalue weighted by Gasteiger charge is -2.30. The summed E-state index contributed by atoms with van der Waals surface area (Å²) in [6, 6.07) is 3.79. The van der Waals surface area contributed by atoms with Crippen LogP contribution in [0.15, 0.2) is 12.1 Å². The summed E-state index contributed by atoms with van der Waals surface area (Å²) in [4.78, 5) is 0. The molecule has 0 amide bonds. The Hall–Kier alpha value is -0.800. The molecule has 1 N–H and O–H groups in total. The number of rotatable bonds is 2. The average molecular weight is 270 g/mol. The van der Waals surface area contributed by atoms with Crippen molar-refractivity contribution in [2.75, 3.05) is 19.7 Å². The first kappa shape index (κ1) is 12.2. The minimum absolute atomic E-state index is 0.414. The minimum atomic E-state index is -1.12. The molecule has 2 nitrogen and oxygen atoms in total. The van der Waals surface area contributed by atoms with Crippen LogP contribution in [0.25, 0.3) is 0 Å². The molecule has 1 aromatic carbocycles. The molecule has 1 aromatic rings. The van der Waals surface area contributed by atoms with Gasteiger partial charge in [0, 0.05) is 17.9 Å². The highest BCUT2D eigenvalue weighted by molar-refractivity contribution is 6.30. The molecule has 0 bridgehead atoms. The fourth-order valence-corrected chi connectivity index (χ4v) is 3.13. The van der Waals surface area contributed by atoms with Crippen LogP contribution in [0.5, 0.6) is 5.75 Å². The molecule has 0 aromatic heterocycles. The minimum Gasteiger partial charge on any atom is -0.493 e. The maximum Gasteiger partial charge on any atom is 0.126 e. The van der Waals surface area contributed by atoms with E-state index in [-0.39, 0.29) is 0 Å². The number of fused-ring (bicyclic) bond motifs is 1. The van der Waals surface area contributed by atoms with Crippen molar-refractivity contribution in [3.63, 3.8) is 0 Å². The smallest absolute Gasteiger partial charge is 0.126 e. The van der Waals surface area contributed by atoms with Gasteiger partial charge in [0.25, 0.3) is 0 Å². The molecular weight excluding hydrogens is 253 g/mol. The summed E-state index contributed by atoms with van der Waals surface area (Å²) in [6.45, 7) is 2.18. The van der Waals surface area contributed by atoms with Crippen LogP contribution < -0.4 is 10.1 Å². The molecule has 98 valence electrons. The first-order valence-corrected chi connectivity index (χ1v) is 6.88. The number of hydrogen-bond donors (Lipinski definition) is 1. The number of piperidine rings is 1. The molecular formula is C14H17ClFNO. The molecule has 2 heterocycles. The fraction of sp³-hybridized carbons (Fsp3) is 0.571. The van der Waals surface area contributed by atoms with Crippen LogP contribution in [0.4, 0.5) is 4.39 Å². The maximum atomic E-state index is 14.7. The Morgan fingerprint density at radius 1 is 1.33 bits per heavy atom. The predicted molar refractivity (Wildman–Crippen MR) is 70.3 cm³/mol. The lowest BCUT2D eigenvalue weighted by Crippen LogP contribution is -2.40. The Kier molecular flexibility index (Phi) is 3.20. The molecule has 18 heavy (non-hydrogen) atoms. The quantitative estimate of drug-likeness (QED) is 0.891. The van der Waals surface area contributed by atoms with E-state index in [2.05, 4.69) is 5.32 Å². The monoisotopic (exact) mass is 269 g/mol. The van der Waals surface area contributed by atoms with Crippen LogP contribution in [-0.4, -0.2) is 25.4 Å². The van der Waals surface area contributed by atoms with Crippen molar-refractivity contribution < 1.29 is 9.13 Å². The van der Waals surface area contributed by atoms with Crippen LogP contribution in [0, 0.1) is 0 Å². The van der Waals surface area contributed by atoms with Gasteiger partial charge in [0.05, 0.1) is 6.61 Å². The summed E-state index contributed by atoms with van der Waals surface area (Å²) in [7, 11) is 0. The summed E-state index contributed by atoms with van der Waals surface area (Å²) in [5.74, 6) is 0.870. The zero-order chi connectivity index (χ0) is 12.6. The van der Waals surface area contributed by atoms with E-state index in [1.54, 1.807) is 0 Å². The molecule has 1 saturated heterocycles. The first-order valence-electron chi connectivity index (χ1n) is 6.50. The molecule has 0 atom stereocenters. The molecule has 0 unspecified atom stereocenters. The lowest BCUT2D eigenvalue weighted by molar-refractivity contribution is 0.115. The summed E-state index contributed by atoms with van der Waals surface area (Å²) >= 11 is 6.10. The Morgan fingerprint density at radius 3 is 2.89 bits per heavy atom. The number of halogens is 2. The Morgan fingerprint density at radius 2 is 2.11 bits per heavy atom. The molecule has 0 spiro atoms. The van der Waals surface area contributed by atoms with Gasteiger partial charge in [-0.1, -0.05) is 11.6 Å². The number of ether oxygens (including phenoxy) is 1. The zero-order valence-electron chi connectivity index (χ0n) is 10.3. The second kappa shape index (κ2) is 4.71. The highest BCUT2D eigenvalue weighted by atomic mass is 35.5. The van der Waals surface area contributed by atoms with Crippen molar-refractivity contribution in [2.24, 2.45) is 0 Å². The zero-order valence-corrected chi connectivity index (χ0v) is 11.0. The van der Waals surface area contributed by atoms with E-state index >= 15 is 0 Å². The number of alkyl halides is 1. The van der Waals surface area contributed by atoms with Crippen LogP contribution in [0.1, 0.15) is 24.0 Å². The van der Waals surface area contributed by atoms with Crippen molar-refractivity contribution in [3.8, 4) is 5.75 Å². The van der Waals surface area contributed by atoms with E-state index in [1.165, 1.54) is 0 Å². The van der Waals surface area contributed by atoms with E-state index < -0.39 is 5.67 Å². The second-order valence-corrected chi connectivity index (χ2v) is 5.67. The molecule has 2 aliphatic rings. The molecule has 4 heteroatoms. The summed E-state index contributed by atoms with van der Waals surface area (Å²) in [5.41, 5.74) is 0.935. The second-order valence-electron chi connectivity index (χ2n) is 5.23. The van der Waals surface area contributed by atoms with Crippen molar-refractivity contribution in [3.05, 3.63) is 28.3 Å². The van der Waals surface area contributed by atoms with Gasteiger partial charge in [-0.25, -0.2) is 4.39 Å². The van der Waals surface area contributed by atoms with E-state index in [9.17, 15) is 4.39 Å². The summed E-state index contributed by atoms with van der Waals surface area (Å²) in [6.07, 6.45) is 2.42. The summed E-state index contributed by atoms with van der Waals surface area (Å²) < 4.78 is 20.3. The van der Waals surface area contributed by atoms with Gasteiger partial charge in [-0.05, 0) is 49.2 Å². The Balaban J connectivity index is 1.88. The molecule has 1 fully saturated rings. The predicted octanol–water partition coefficient (Wildman–Crippen LogP) is 2.91. The lowest BCUT2D eigenvalue weighted by atomic mass is 9.87. The third kappa shape index (κ3) is 2.34. The third-order valence-electron chi connectivity index (χ3n) is 3.83. The molecule has 2 aliphatic heterocycles. The average Bonchev–Trinajstić information content (AvgIpc) is 2.77. The Bertz CT molecular complexity index is 457. The van der Waals surface area contributed by atoms with E-state index in [1.807, 2.05) is 12.1 Å². The highest BCUT2D eigenvalue weighted by Gasteiger charge is 2.33. The van der Waals surface area contributed by atoms with E-state index in [0.29, 0.717) is 30.9 Å². The maximum absolute atomic E-state index is 14.7. The first-order chi connectivity index (χ1) is 8.66. The number of benzene rings is 1. The molecule has 0 aliphatic carbocycles. The van der Waals surface area contributed by atoms with E-state index in [0.717, 1.165) is 36.4 Å². The topological polar surface area (TPSA) is 21.3 Å². The van der Waals surface area contributed by atoms with Crippen LogP contribution in [0.2, 0.25) is 5.02 Å². The van der Waals surface area contributed by atoms with Crippen LogP contribution >= 0.6 is 11.6 Å². The molecule has 0 saturated carbocycles. The van der Waals surface area contributed by atoms with Crippen molar-refractivity contribution >= 4 is 11.6 Å². The Labute approximate surface area is 111 Å².